The molecule has 2 aromatic rings. The molecule has 22 heavy (non-hydrogen) atoms. The molecule has 2 N–H and O–H groups in total. The van der Waals surface area contributed by atoms with Crippen LogP contribution in [0, 0.1) is 10.1 Å². The van der Waals surface area contributed by atoms with Crippen molar-refractivity contribution in [3.05, 3.63) is 69.8 Å². The van der Waals surface area contributed by atoms with Crippen LogP contribution in [0.3, 0.4) is 0 Å². The quantitative estimate of drug-likeness (QED) is 0.514. The number of benzene rings is 2. The maximum atomic E-state index is 12.0. The standard InChI is InChI=1S/C15H13N3O4/c1-10(11-6-3-5-9-14(11)19)16-17-15(20)12-7-2-4-8-13(12)18(21)22/h2-9,19H,1H3,(H,17,20). The Labute approximate surface area is 126 Å². The SMILES string of the molecule is CC(=NNC(=O)c1ccccc1[N+](=O)[O-])c1ccccc1O. The molecule has 0 radical (unpaired) electrons. The number of hydrogen-bond donors (Lipinski definition) is 2. The highest BCUT2D eigenvalue weighted by molar-refractivity contribution is 6.03. The molecule has 7 nitrogen and oxygen atoms in total. The molecule has 0 aromatic heterocycles. The highest BCUT2D eigenvalue weighted by Crippen LogP contribution is 2.18. The number of hydrazone groups is 1. The van der Waals surface area contributed by atoms with Crippen LogP contribution in [-0.4, -0.2) is 21.6 Å². The zero-order valence-electron chi connectivity index (χ0n) is 11.7. The number of nitrogens with zero attached hydrogens (tertiary/aromatic N) is 2. The maximum absolute atomic E-state index is 12.0. The lowest BCUT2D eigenvalue weighted by molar-refractivity contribution is -0.385. The highest BCUT2D eigenvalue weighted by atomic mass is 16.6. The molecule has 7 heteroatoms. The van der Waals surface area contributed by atoms with E-state index in [2.05, 4.69) is 10.5 Å². The van der Waals surface area contributed by atoms with Crippen molar-refractivity contribution in [2.75, 3.05) is 0 Å². The topological polar surface area (TPSA) is 105 Å². The second-order valence-corrected chi connectivity index (χ2v) is 4.43. The van der Waals surface area contributed by atoms with E-state index in [1.807, 2.05) is 0 Å². The number of rotatable bonds is 4. The summed E-state index contributed by atoms with van der Waals surface area (Å²) in [6.07, 6.45) is 0. The van der Waals surface area contributed by atoms with Gasteiger partial charge >= 0.3 is 0 Å². The van der Waals surface area contributed by atoms with Crippen LogP contribution >= 0.6 is 0 Å². The number of hydrogen-bond acceptors (Lipinski definition) is 5. The van der Waals surface area contributed by atoms with E-state index in [0.29, 0.717) is 11.3 Å². The Hall–Kier alpha value is -3.22. The molecule has 0 saturated carbocycles. The number of nitro groups is 1. The smallest absolute Gasteiger partial charge is 0.282 e. The van der Waals surface area contributed by atoms with E-state index in [0.717, 1.165) is 0 Å². The van der Waals surface area contributed by atoms with Gasteiger partial charge in [-0.1, -0.05) is 24.3 Å². The van der Waals surface area contributed by atoms with Crippen molar-refractivity contribution < 1.29 is 14.8 Å². The van der Waals surface area contributed by atoms with Gasteiger partial charge in [-0.2, -0.15) is 5.10 Å². The van der Waals surface area contributed by atoms with Gasteiger partial charge in [0, 0.05) is 11.6 Å². The monoisotopic (exact) mass is 299 g/mol. The summed E-state index contributed by atoms with van der Waals surface area (Å²) in [5, 5.41) is 24.5. The van der Waals surface area contributed by atoms with E-state index in [4.69, 9.17) is 0 Å². The van der Waals surface area contributed by atoms with E-state index in [1.165, 1.54) is 30.3 Å². The number of carbonyl (C=O) groups is 1. The summed E-state index contributed by atoms with van der Waals surface area (Å²) in [5.41, 5.74) is 2.72. The van der Waals surface area contributed by atoms with Crippen molar-refractivity contribution in [1.82, 2.24) is 5.43 Å². The fraction of sp³-hybridized carbons (Fsp3) is 0.0667. The molecule has 0 unspecified atom stereocenters. The van der Waals surface area contributed by atoms with Crippen molar-refractivity contribution in [2.45, 2.75) is 6.92 Å². The van der Waals surface area contributed by atoms with Gasteiger partial charge in [0.2, 0.25) is 0 Å². The average molecular weight is 299 g/mol. The first kappa shape index (κ1) is 15.2. The van der Waals surface area contributed by atoms with E-state index in [-0.39, 0.29) is 17.0 Å². The van der Waals surface area contributed by atoms with Crippen LogP contribution in [-0.2, 0) is 0 Å². The summed E-state index contributed by atoms with van der Waals surface area (Å²) in [5.74, 6) is -0.661. The minimum Gasteiger partial charge on any atom is -0.507 e. The van der Waals surface area contributed by atoms with Crippen LogP contribution in [0.15, 0.2) is 53.6 Å². The fourth-order valence-corrected chi connectivity index (χ4v) is 1.86. The number of para-hydroxylation sites is 2. The summed E-state index contributed by atoms with van der Waals surface area (Å²) in [6, 6.07) is 12.1. The van der Waals surface area contributed by atoms with Gasteiger partial charge in [0.1, 0.15) is 11.3 Å². The zero-order valence-corrected chi connectivity index (χ0v) is 11.7. The molecule has 0 saturated heterocycles. The first-order valence-corrected chi connectivity index (χ1v) is 6.37. The van der Waals surface area contributed by atoms with Gasteiger partial charge in [-0.25, -0.2) is 5.43 Å². The van der Waals surface area contributed by atoms with Gasteiger partial charge in [0.25, 0.3) is 11.6 Å². The van der Waals surface area contributed by atoms with Gasteiger partial charge in [0.05, 0.1) is 10.6 Å². The van der Waals surface area contributed by atoms with Crippen molar-refractivity contribution in [3.63, 3.8) is 0 Å². The minimum absolute atomic E-state index is 0.0312. The average Bonchev–Trinajstić information content (AvgIpc) is 2.52. The summed E-state index contributed by atoms with van der Waals surface area (Å²) in [4.78, 5) is 22.3. The Morgan fingerprint density at radius 1 is 1.14 bits per heavy atom. The predicted molar refractivity (Wildman–Crippen MR) is 80.9 cm³/mol. The van der Waals surface area contributed by atoms with Crippen LogP contribution < -0.4 is 5.43 Å². The molecule has 112 valence electrons. The number of aromatic hydroxyl groups is 1. The molecule has 0 spiro atoms. The number of nitrogens with one attached hydrogen (secondary N) is 1. The Morgan fingerprint density at radius 3 is 2.36 bits per heavy atom. The minimum atomic E-state index is -0.693. The Balaban J connectivity index is 2.22. The van der Waals surface area contributed by atoms with Crippen molar-refractivity contribution in [3.8, 4) is 5.75 Å². The number of nitro benzene ring substituents is 1. The number of phenolic OH excluding ortho intramolecular Hbond substituents is 1. The molecular weight excluding hydrogens is 286 g/mol. The Bertz CT molecular complexity index is 756. The Morgan fingerprint density at radius 2 is 1.73 bits per heavy atom. The van der Waals surface area contributed by atoms with Crippen molar-refractivity contribution in [2.24, 2.45) is 5.10 Å². The zero-order chi connectivity index (χ0) is 16.1. The lowest BCUT2D eigenvalue weighted by Crippen LogP contribution is -2.20. The predicted octanol–water partition coefficient (Wildman–Crippen LogP) is 2.45. The van der Waals surface area contributed by atoms with Crippen LogP contribution in [0.1, 0.15) is 22.8 Å². The van der Waals surface area contributed by atoms with E-state index >= 15 is 0 Å². The van der Waals surface area contributed by atoms with Crippen molar-refractivity contribution >= 4 is 17.3 Å². The van der Waals surface area contributed by atoms with Crippen LogP contribution in [0.4, 0.5) is 5.69 Å². The van der Waals surface area contributed by atoms with Gasteiger partial charge in [-0.05, 0) is 25.1 Å². The van der Waals surface area contributed by atoms with E-state index in [9.17, 15) is 20.0 Å². The second kappa shape index (κ2) is 6.49. The molecule has 2 rings (SSSR count). The molecule has 0 fully saturated rings. The molecule has 0 atom stereocenters. The molecule has 1 amide bonds. The molecule has 0 aliphatic carbocycles. The summed E-state index contributed by atoms with van der Waals surface area (Å²) >= 11 is 0. The third-order valence-electron chi connectivity index (χ3n) is 2.96. The lowest BCUT2D eigenvalue weighted by Gasteiger charge is -2.05. The third kappa shape index (κ3) is 3.26. The molecule has 0 heterocycles. The summed E-state index contributed by atoms with van der Waals surface area (Å²) in [6.45, 7) is 1.61. The van der Waals surface area contributed by atoms with E-state index < -0.39 is 10.8 Å². The van der Waals surface area contributed by atoms with Crippen LogP contribution in [0.5, 0.6) is 5.75 Å². The van der Waals surface area contributed by atoms with Crippen molar-refractivity contribution in [1.29, 1.82) is 0 Å². The lowest BCUT2D eigenvalue weighted by atomic mass is 10.1. The van der Waals surface area contributed by atoms with Crippen LogP contribution in [0.25, 0.3) is 0 Å². The summed E-state index contributed by atoms with van der Waals surface area (Å²) < 4.78 is 0. The molecule has 2 aromatic carbocycles. The maximum Gasteiger partial charge on any atom is 0.282 e. The Kier molecular flexibility index (Phi) is 4.47. The second-order valence-electron chi connectivity index (χ2n) is 4.43. The van der Waals surface area contributed by atoms with Gasteiger partial charge in [-0.3, -0.25) is 14.9 Å². The molecule has 0 bridgehead atoms. The van der Waals surface area contributed by atoms with Gasteiger partial charge in [0.15, 0.2) is 0 Å². The number of carbonyl (C=O) groups excluding carboxylic acids is 1. The molecule has 0 aliphatic heterocycles. The largest absolute Gasteiger partial charge is 0.507 e. The normalized spacial score (nSPS) is 11.0. The fourth-order valence-electron chi connectivity index (χ4n) is 1.86. The first-order valence-electron chi connectivity index (χ1n) is 6.37. The molecule has 0 aliphatic rings. The van der Waals surface area contributed by atoms with Crippen LogP contribution in [0.2, 0.25) is 0 Å². The van der Waals surface area contributed by atoms with Gasteiger partial charge in [-0.15, -0.1) is 0 Å². The number of phenols is 1. The molecular formula is C15H13N3O4. The van der Waals surface area contributed by atoms with Gasteiger partial charge < -0.3 is 5.11 Å². The van der Waals surface area contributed by atoms with E-state index in [1.54, 1.807) is 25.1 Å². The highest BCUT2D eigenvalue weighted by Gasteiger charge is 2.18. The first-order chi connectivity index (χ1) is 10.5. The third-order valence-corrected chi connectivity index (χ3v) is 2.96. The summed E-state index contributed by atoms with van der Waals surface area (Å²) in [7, 11) is 0. The number of amides is 1.